The van der Waals surface area contributed by atoms with Crippen LogP contribution in [0.3, 0.4) is 0 Å². The molecular weight excluding hydrogens is 431 g/mol. The van der Waals surface area contributed by atoms with Crippen LogP contribution in [0.15, 0.2) is 77.7 Å². The number of nitrogens with zero attached hydrogens (tertiary/aromatic N) is 1. The Morgan fingerprint density at radius 2 is 1.59 bits per heavy atom. The number of hydrogen-bond donors (Lipinski definition) is 1. The maximum absolute atomic E-state index is 13.3. The number of carbonyl (C=O) groups is 1. The first-order valence-corrected chi connectivity index (χ1v) is 10.9. The Balaban J connectivity index is 1.94. The van der Waals surface area contributed by atoms with Gasteiger partial charge in [0, 0.05) is 5.69 Å². The maximum Gasteiger partial charge on any atom is 0.264 e. The number of amides is 1. The van der Waals surface area contributed by atoms with Gasteiger partial charge < -0.3 is 5.32 Å². The van der Waals surface area contributed by atoms with Gasteiger partial charge in [0.15, 0.2) is 0 Å². The highest BCUT2D eigenvalue weighted by Gasteiger charge is 2.28. The van der Waals surface area contributed by atoms with Gasteiger partial charge in [0.05, 0.1) is 20.6 Å². The molecule has 0 heterocycles. The molecule has 3 aromatic rings. The number of benzene rings is 3. The van der Waals surface area contributed by atoms with Gasteiger partial charge in [0.2, 0.25) is 5.91 Å². The van der Waals surface area contributed by atoms with Crippen molar-refractivity contribution in [3.05, 3.63) is 88.4 Å². The van der Waals surface area contributed by atoms with Crippen molar-refractivity contribution < 1.29 is 13.2 Å². The van der Waals surface area contributed by atoms with Crippen molar-refractivity contribution in [2.45, 2.75) is 11.8 Å². The van der Waals surface area contributed by atoms with E-state index in [-0.39, 0.29) is 9.92 Å². The number of anilines is 2. The number of nitrogens with one attached hydrogen (secondary N) is 1. The molecular formula is C21H18Cl2N2O3S. The summed E-state index contributed by atoms with van der Waals surface area (Å²) in [5.74, 6) is -0.508. The molecule has 0 spiro atoms. The fourth-order valence-electron chi connectivity index (χ4n) is 2.77. The van der Waals surface area contributed by atoms with Gasteiger partial charge in [-0.1, -0.05) is 59.6 Å². The van der Waals surface area contributed by atoms with Gasteiger partial charge in [-0.25, -0.2) is 8.42 Å². The highest BCUT2D eigenvalue weighted by molar-refractivity contribution is 7.92. The first kappa shape index (κ1) is 21.2. The molecule has 3 aromatic carbocycles. The zero-order chi connectivity index (χ0) is 21.0. The Morgan fingerprint density at radius 1 is 0.931 bits per heavy atom. The summed E-state index contributed by atoms with van der Waals surface area (Å²) in [4.78, 5) is 12.8. The molecule has 0 saturated heterocycles. The molecule has 0 radical (unpaired) electrons. The van der Waals surface area contributed by atoms with Crippen LogP contribution in [-0.4, -0.2) is 20.9 Å². The van der Waals surface area contributed by atoms with E-state index in [1.54, 1.807) is 55.5 Å². The van der Waals surface area contributed by atoms with Crippen molar-refractivity contribution >= 4 is 50.5 Å². The fourth-order valence-corrected chi connectivity index (χ4v) is 4.57. The van der Waals surface area contributed by atoms with Crippen molar-refractivity contribution in [3.8, 4) is 0 Å². The molecule has 0 saturated carbocycles. The van der Waals surface area contributed by atoms with Gasteiger partial charge in [0.25, 0.3) is 10.0 Å². The Morgan fingerprint density at radius 3 is 2.24 bits per heavy atom. The van der Waals surface area contributed by atoms with Crippen LogP contribution in [0, 0.1) is 6.92 Å². The second-order valence-electron chi connectivity index (χ2n) is 6.29. The molecule has 0 aliphatic carbocycles. The molecule has 150 valence electrons. The average Bonchev–Trinajstić information content (AvgIpc) is 2.70. The summed E-state index contributed by atoms with van der Waals surface area (Å²) in [5.41, 5.74) is 1.58. The van der Waals surface area contributed by atoms with Crippen LogP contribution < -0.4 is 9.62 Å². The molecule has 8 heteroatoms. The van der Waals surface area contributed by atoms with Crippen molar-refractivity contribution in [2.75, 3.05) is 16.2 Å². The lowest BCUT2D eigenvalue weighted by Gasteiger charge is -2.25. The zero-order valence-electron chi connectivity index (χ0n) is 15.5. The third kappa shape index (κ3) is 4.90. The van der Waals surface area contributed by atoms with Crippen molar-refractivity contribution in [1.29, 1.82) is 0 Å². The Bertz CT molecular complexity index is 1140. The van der Waals surface area contributed by atoms with E-state index in [1.807, 2.05) is 6.07 Å². The highest BCUT2D eigenvalue weighted by Crippen LogP contribution is 2.28. The highest BCUT2D eigenvalue weighted by atomic mass is 35.5. The number of aryl methyl sites for hydroxylation is 1. The van der Waals surface area contributed by atoms with E-state index in [4.69, 9.17) is 23.2 Å². The van der Waals surface area contributed by atoms with Gasteiger partial charge in [-0.15, -0.1) is 0 Å². The van der Waals surface area contributed by atoms with Gasteiger partial charge in [-0.3, -0.25) is 9.10 Å². The van der Waals surface area contributed by atoms with Gasteiger partial charge >= 0.3 is 0 Å². The van der Waals surface area contributed by atoms with Crippen molar-refractivity contribution in [2.24, 2.45) is 0 Å². The molecule has 29 heavy (non-hydrogen) atoms. The van der Waals surface area contributed by atoms with E-state index >= 15 is 0 Å². The number of halogens is 2. The minimum absolute atomic E-state index is 0.102. The number of para-hydroxylation sites is 1. The minimum atomic E-state index is -3.95. The topological polar surface area (TPSA) is 66.5 Å². The van der Waals surface area contributed by atoms with Crippen LogP contribution in [0.1, 0.15) is 5.56 Å². The maximum atomic E-state index is 13.3. The molecule has 5 nitrogen and oxygen atoms in total. The Kier molecular flexibility index (Phi) is 6.47. The van der Waals surface area contributed by atoms with E-state index in [1.165, 1.54) is 18.2 Å². The molecule has 0 unspecified atom stereocenters. The molecule has 0 aliphatic rings. The number of carbonyl (C=O) groups excluding carboxylic acids is 1. The second-order valence-corrected chi connectivity index (χ2v) is 8.96. The van der Waals surface area contributed by atoms with Gasteiger partial charge in [-0.05, 0) is 48.9 Å². The number of hydrogen-bond acceptors (Lipinski definition) is 3. The lowest BCUT2D eigenvalue weighted by atomic mass is 10.2. The second kappa shape index (κ2) is 8.86. The summed E-state index contributed by atoms with van der Waals surface area (Å²) in [7, 11) is -3.95. The van der Waals surface area contributed by atoms with Crippen LogP contribution in [0.2, 0.25) is 10.0 Å². The molecule has 0 aromatic heterocycles. The van der Waals surface area contributed by atoms with E-state index < -0.39 is 22.5 Å². The minimum Gasteiger partial charge on any atom is -0.324 e. The third-order valence-electron chi connectivity index (χ3n) is 4.21. The quantitative estimate of drug-likeness (QED) is 0.567. The molecule has 1 amide bonds. The van der Waals surface area contributed by atoms with Crippen LogP contribution in [0.25, 0.3) is 0 Å². The van der Waals surface area contributed by atoms with Crippen molar-refractivity contribution in [3.63, 3.8) is 0 Å². The van der Waals surface area contributed by atoms with Crippen LogP contribution >= 0.6 is 23.2 Å². The molecule has 3 rings (SSSR count). The number of sulfonamides is 1. The first-order valence-electron chi connectivity index (χ1n) is 8.67. The largest absolute Gasteiger partial charge is 0.324 e. The van der Waals surface area contributed by atoms with Crippen LogP contribution in [-0.2, 0) is 14.8 Å². The molecule has 0 aliphatic heterocycles. The third-order valence-corrected chi connectivity index (χ3v) is 6.72. The fraction of sp³-hybridized carbons (Fsp3) is 0.0952. The average molecular weight is 449 g/mol. The van der Waals surface area contributed by atoms with Gasteiger partial charge in [-0.2, -0.15) is 0 Å². The van der Waals surface area contributed by atoms with Crippen molar-refractivity contribution in [1.82, 2.24) is 0 Å². The van der Waals surface area contributed by atoms with E-state index in [0.717, 1.165) is 9.87 Å². The smallest absolute Gasteiger partial charge is 0.264 e. The summed E-state index contributed by atoms with van der Waals surface area (Å²) < 4.78 is 27.7. The van der Waals surface area contributed by atoms with Crippen LogP contribution in [0.4, 0.5) is 11.4 Å². The first-order chi connectivity index (χ1) is 13.8. The van der Waals surface area contributed by atoms with E-state index in [2.05, 4.69) is 5.32 Å². The number of rotatable bonds is 6. The Labute approximate surface area is 179 Å². The lowest BCUT2D eigenvalue weighted by molar-refractivity contribution is -0.114. The predicted octanol–water partition coefficient (Wildman–Crippen LogP) is 5.14. The monoisotopic (exact) mass is 448 g/mol. The standard InChI is InChI=1S/C21H18Cl2N2O3S/c1-15-7-5-6-10-20(15)25(29(27,28)17-8-3-2-4-9-17)14-21(26)24-16-11-12-18(22)19(23)13-16/h2-13H,14H2,1H3,(H,24,26). The summed E-state index contributed by atoms with van der Waals surface area (Å²) in [5, 5.41) is 3.31. The predicted molar refractivity (Wildman–Crippen MR) is 117 cm³/mol. The van der Waals surface area contributed by atoms with Crippen LogP contribution in [0.5, 0.6) is 0 Å². The summed E-state index contributed by atoms with van der Waals surface area (Å²) in [6, 6.07) is 19.7. The Hall–Kier alpha value is -2.54. The molecule has 1 N–H and O–H groups in total. The summed E-state index contributed by atoms with van der Waals surface area (Å²) in [6.45, 7) is 1.39. The molecule has 0 bridgehead atoms. The lowest BCUT2D eigenvalue weighted by Crippen LogP contribution is -2.38. The summed E-state index contributed by atoms with van der Waals surface area (Å²) >= 11 is 11.9. The normalized spacial score (nSPS) is 11.1. The molecule has 0 atom stereocenters. The zero-order valence-corrected chi connectivity index (χ0v) is 17.8. The molecule has 0 fully saturated rings. The van der Waals surface area contributed by atoms with E-state index in [9.17, 15) is 13.2 Å². The summed E-state index contributed by atoms with van der Waals surface area (Å²) in [6.07, 6.45) is 0. The SMILES string of the molecule is Cc1ccccc1N(CC(=O)Nc1ccc(Cl)c(Cl)c1)S(=O)(=O)c1ccccc1. The van der Waals surface area contributed by atoms with E-state index in [0.29, 0.717) is 16.4 Å². The van der Waals surface area contributed by atoms with Gasteiger partial charge in [0.1, 0.15) is 6.54 Å².